The Morgan fingerprint density at radius 1 is 1.24 bits per heavy atom. The van der Waals surface area contributed by atoms with Gasteiger partial charge in [-0.3, -0.25) is 0 Å². The van der Waals surface area contributed by atoms with E-state index in [-0.39, 0.29) is 12.0 Å². The minimum atomic E-state index is -0.380. The van der Waals surface area contributed by atoms with Crippen LogP contribution in [-0.4, -0.2) is 19.6 Å². The first kappa shape index (κ1) is 13.7. The topological polar surface area (TPSA) is 38.3 Å². The molecule has 1 atom stereocenters. The Morgan fingerprint density at radius 2 is 1.82 bits per heavy atom. The fourth-order valence-corrected chi connectivity index (χ4v) is 1.92. The number of carbonyl (C=O) groups is 1. The highest BCUT2D eigenvalue weighted by Crippen LogP contribution is 2.22. The fraction of sp³-hybridized carbons (Fsp3) is 0.500. The molecule has 17 heavy (non-hydrogen) atoms. The van der Waals surface area contributed by atoms with Gasteiger partial charge in [-0.25, -0.2) is 4.79 Å². The number of aryl methyl sites for hydroxylation is 3. The molecule has 0 fully saturated rings. The zero-order valence-electron chi connectivity index (χ0n) is 11.3. The summed E-state index contributed by atoms with van der Waals surface area (Å²) < 4.78 is 5.07. The van der Waals surface area contributed by atoms with Crippen LogP contribution in [0.25, 0.3) is 0 Å². The van der Waals surface area contributed by atoms with Gasteiger partial charge in [0.1, 0.15) is 6.04 Å². The van der Waals surface area contributed by atoms with Crippen molar-refractivity contribution < 1.29 is 9.53 Å². The van der Waals surface area contributed by atoms with Crippen molar-refractivity contribution in [2.75, 3.05) is 13.7 Å². The second-order valence-corrected chi connectivity index (χ2v) is 4.27. The third kappa shape index (κ3) is 3.07. The Hall–Kier alpha value is -1.35. The van der Waals surface area contributed by atoms with Gasteiger partial charge >= 0.3 is 5.97 Å². The number of carbonyl (C=O) groups excluding carboxylic acids is 1. The summed E-state index contributed by atoms with van der Waals surface area (Å²) >= 11 is 0. The first-order valence-corrected chi connectivity index (χ1v) is 5.92. The van der Waals surface area contributed by atoms with Crippen molar-refractivity contribution in [3.05, 3.63) is 34.4 Å². The summed E-state index contributed by atoms with van der Waals surface area (Å²) in [5.41, 5.74) is 4.54. The van der Waals surface area contributed by atoms with Crippen molar-refractivity contribution >= 4 is 5.97 Å². The summed E-state index contributed by atoms with van der Waals surface area (Å²) in [5, 5.41) is 3.02. The molecule has 1 aromatic rings. The molecular weight excluding hydrogens is 214 g/mol. The maximum atomic E-state index is 11.8. The third-order valence-corrected chi connectivity index (χ3v) is 3.00. The first-order valence-electron chi connectivity index (χ1n) is 5.92. The normalized spacial score (nSPS) is 12.3. The SMILES string of the molecule is CCOC(=O)C(NC)c1cc(C)c(C)cc1C. The molecule has 0 amide bonds. The van der Waals surface area contributed by atoms with Gasteiger partial charge in [-0.05, 0) is 57.0 Å². The van der Waals surface area contributed by atoms with Gasteiger partial charge in [0.25, 0.3) is 0 Å². The minimum absolute atomic E-state index is 0.221. The van der Waals surface area contributed by atoms with Gasteiger partial charge in [0.15, 0.2) is 0 Å². The molecular formula is C14H21NO2. The van der Waals surface area contributed by atoms with E-state index in [9.17, 15) is 4.79 Å². The summed E-state index contributed by atoms with van der Waals surface area (Å²) in [5.74, 6) is -0.221. The highest BCUT2D eigenvalue weighted by Gasteiger charge is 2.21. The number of nitrogens with one attached hydrogen (secondary N) is 1. The average Bonchev–Trinajstić information content (AvgIpc) is 2.26. The smallest absolute Gasteiger partial charge is 0.327 e. The van der Waals surface area contributed by atoms with E-state index in [0.29, 0.717) is 6.61 Å². The second kappa shape index (κ2) is 5.82. The fourth-order valence-electron chi connectivity index (χ4n) is 1.92. The van der Waals surface area contributed by atoms with E-state index >= 15 is 0 Å². The molecule has 0 heterocycles. The van der Waals surface area contributed by atoms with Gasteiger partial charge in [0.2, 0.25) is 0 Å². The molecule has 0 saturated carbocycles. The number of hydrogen-bond donors (Lipinski definition) is 1. The van der Waals surface area contributed by atoms with Crippen LogP contribution in [0, 0.1) is 20.8 Å². The lowest BCUT2D eigenvalue weighted by Crippen LogP contribution is -2.28. The number of ether oxygens (including phenoxy) is 1. The Kier molecular flexibility index (Phi) is 4.70. The van der Waals surface area contributed by atoms with Crippen LogP contribution in [-0.2, 0) is 9.53 Å². The van der Waals surface area contributed by atoms with E-state index < -0.39 is 0 Å². The summed E-state index contributed by atoms with van der Waals surface area (Å²) in [4.78, 5) is 11.8. The lowest BCUT2D eigenvalue weighted by Gasteiger charge is -2.18. The largest absolute Gasteiger partial charge is 0.465 e. The standard InChI is InChI=1S/C14H21NO2/c1-6-17-14(16)13(15-5)12-8-10(3)9(2)7-11(12)4/h7-8,13,15H,6H2,1-5H3. The Bertz CT molecular complexity index is 413. The zero-order valence-corrected chi connectivity index (χ0v) is 11.3. The van der Waals surface area contributed by atoms with Crippen molar-refractivity contribution in [1.82, 2.24) is 5.32 Å². The van der Waals surface area contributed by atoms with E-state index in [1.54, 1.807) is 7.05 Å². The molecule has 94 valence electrons. The quantitative estimate of drug-likeness (QED) is 0.815. The molecule has 3 heteroatoms. The Labute approximate surface area is 103 Å². The van der Waals surface area contributed by atoms with E-state index in [2.05, 4.69) is 31.3 Å². The first-order chi connectivity index (χ1) is 8.01. The predicted octanol–water partition coefficient (Wildman–Crippen LogP) is 2.44. The van der Waals surface area contributed by atoms with Crippen LogP contribution in [0.5, 0.6) is 0 Å². The number of rotatable bonds is 4. The number of esters is 1. The van der Waals surface area contributed by atoms with Crippen LogP contribution < -0.4 is 5.32 Å². The van der Waals surface area contributed by atoms with Crippen LogP contribution in [0.4, 0.5) is 0 Å². The minimum Gasteiger partial charge on any atom is -0.465 e. The van der Waals surface area contributed by atoms with Gasteiger partial charge in [0, 0.05) is 0 Å². The lowest BCUT2D eigenvalue weighted by atomic mass is 9.96. The van der Waals surface area contributed by atoms with E-state index in [1.807, 2.05) is 13.8 Å². The van der Waals surface area contributed by atoms with Crippen LogP contribution in [0.15, 0.2) is 12.1 Å². The van der Waals surface area contributed by atoms with Gasteiger partial charge in [-0.2, -0.15) is 0 Å². The zero-order chi connectivity index (χ0) is 13.0. The van der Waals surface area contributed by atoms with Crippen molar-refractivity contribution in [3.63, 3.8) is 0 Å². The van der Waals surface area contributed by atoms with Crippen LogP contribution in [0.1, 0.15) is 35.2 Å². The molecule has 0 aliphatic carbocycles. The molecule has 1 rings (SSSR count). The maximum absolute atomic E-state index is 11.8. The van der Waals surface area contributed by atoms with Crippen molar-refractivity contribution in [3.8, 4) is 0 Å². The van der Waals surface area contributed by atoms with Crippen molar-refractivity contribution in [1.29, 1.82) is 0 Å². The average molecular weight is 235 g/mol. The van der Waals surface area contributed by atoms with Gasteiger partial charge in [-0.15, -0.1) is 0 Å². The molecule has 0 spiro atoms. The highest BCUT2D eigenvalue weighted by molar-refractivity contribution is 5.78. The molecule has 3 nitrogen and oxygen atoms in total. The molecule has 0 aromatic heterocycles. The molecule has 0 aliphatic heterocycles. The van der Waals surface area contributed by atoms with Crippen molar-refractivity contribution in [2.24, 2.45) is 0 Å². The monoisotopic (exact) mass is 235 g/mol. The molecule has 0 radical (unpaired) electrons. The summed E-state index contributed by atoms with van der Waals surface area (Å²) in [6.07, 6.45) is 0. The number of likely N-dealkylation sites (N-methyl/N-ethyl adjacent to an activating group) is 1. The van der Waals surface area contributed by atoms with E-state index in [4.69, 9.17) is 4.74 Å². The lowest BCUT2D eigenvalue weighted by molar-refractivity contribution is -0.145. The molecule has 0 saturated heterocycles. The second-order valence-electron chi connectivity index (χ2n) is 4.27. The van der Waals surface area contributed by atoms with Crippen LogP contribution in [0.2, 0.25) is 0 Å². The van der Waals surface area contributed by atoms with E-state index in [0.717, 1.165) is 11.1 Å². The molecule has 0 aliphatic rings. The third-order valence-electron chi connectivity index (χ3n) is 3.00. The van der Waals surface area contributed by atoms with Gasteiger partial charge < -0.3 is 10.1 Å². The number of benzene rings is 1. The van der Waals surface area contributed by atoms with Crippen LogP contribution >= 0.6 is 0 Å². The molecule has 0 bridgehead atoms. The van der Waals surface area contributed by atoms with Crippen molar-refractivity contribution in [2.45, 2.75) is 33.7 Å². The molecule has 1 unspecified atom stereocenters. The summed E-state index contributed by atoms with van der Waals surface area (Å²) in [6, 6.07) is 3.78. The molecule has 1 N–H and O–H groups in total. The summed E-state index contributed by atoms with van der Waals surface area (Å²) in [6.45, 7) is 8.37. The van der Waals surface area contributed by atoms with Crippen LogP contribution in [0.3, 0.4) is 0 Å². The Morgan fingerprint density at radius 3 is 2.35 bits per heavy atom. The summed E-state index contributed by atoms with van der Waals surface area (Å²) in [7, 11) is 1.77. The maximum Gasteiger partial charge on any atom is 0.327 e. The van der Waals surface area contributed by atoms with Gasteiger partial charge in [0.05, 0.1) is 6.61 Å². The predicted molar refractivity (Wildman–Crippen MR) is 69.1 cm³/mol. The van der Waals surface area contributed by atoms with E-state index in [1.165, 1.54) is 11.1 Å². The number of hydrogen-bond acceptors (Lipinski definition) is 3. The Balaban J connectivity index is 3.12. The molecule has 1 aromatic carbocycles. The highest BCUT2D eigenvalue weighted by atomic mass is 16.5. The van der Waals surface area contributed by atoms with Gasteiger partial charge in [-0.1, -0.05) is 12.1 Å².